The molecule has 1 aliphatic rings. The maximum Gasteiger partial charge on any atom is 0.263 e. The van der Waals surface area contributed by atoms with Gasteiger partial charge in [-0.15, -0.1) is 11.3 Å². The van der Waals surface area contributed by atoms with E-state index in [4.69, 9.17) is 9.47 Å². The largest absolute Gasteiger partial charge is 0.497 e. The third kappa shape index (κ3) is 6.23. The summed E-state index contributed by atoms with van der Waals surface area (Å²) in [6.45, 7) is 2.86. The van der Waals surface area contributed by atoms with E-state index in [1.165, 1.54) is 30.6 Å². The average Bonchev–Trinajstić information content (AvgIpc) is 3.34. The number of rotatable bonds is 9. The molecule has 0 radical (unpaired) electrons. The minimum atomic E-state index is -3.75. The molecule has 1 saturated heterocycles. The third-order valence-electron chi connectivity index (χ3n) is 5.81. The molecule has 0 saturated carbocycles. The molecule has 186 valence electrons. The van der Waals surface area contributed by atoms with Gasteiger partial charge in [-0.2, -0.15) is 0 Å². The first kappa shape index (κ1) is 24.8. The number of benzene rings is 2. The number of carbonyl (C=O) groups excluding carboxylic acids is 1. The zero-order chi connectivity index (χ0) is 24.8. The summed E-state index contributed by atoms with van der Waals surface area (Å²) in [6, 6.07) is 14.1. The molecule has 11 heteroatoms. The number of sulfonamides is 1. The number of aromatic nitrogens is 1. The van der Waals surface area contributed by atoms with Gasteiger partial charge in [0.15, 0.2) is 5.13 Å². The van der Waals surface area contributed by atoms with E-state index in [9.17, 15) is 13.2 Å². The van der Waals surface area contributed by atoms with Gasteiger partial charge in [0.2, 0.25) is 5.91 Å². The second-order valence-electron chi connectivity index (χ2n) is 7.99. The maximum atomic E-state index is 12.7. The summed E-state index contributed by atoms with van der Waals surface area (Å²) < 4.78 is 37.9. The summed E-state index contributed by atoms with van der Waals surface area (Å²) in [5.41, 5.74) is 1.80. The van der Waals surface area contributed by atoms with Crippen LogP contribution in [0.4, 0.5) is 10.8 Å². The number of amides is 1. The second-order valence-corrected chi connectivity index (χ2v) is 10.5. The first-order valence-corrected chi connectivity index (χ1v) is 13.5. The van der Waals surface area contributed by atoms with Crippen molar-refractivity contribution in [3.63, 3.8) is 0 Å². The summed E-state index contributed by atoms with van der Waals surface area (Å²) in [5.74, 6) is 1.47. The van der Waals surface area contributed by atoms with Gasteiger partial charge in [0.05, 0.1) is 24.8 Å². The lowest BCUT2D eigenvalue weighted by atomic mass is 10.2. The summed E-state index contributed by atoms with van der Waals surface area (Å²) in [6.07, 6.45) is 0.787. The van der Waals surface area contributed by atoms with Crippen LogP contribution in [0, 0.1) is 0 Å². The van der Waals surface area contributed by atoms with Crippen molar-refractivity contribution in [2.24, 2.45) is 0 Å². The van der Waals surface area contributed by atoms with Gasteiger partial charge in [0.25, 0.3) is 10.0 Å². The predicted molar refractivity (Wildman–Crippen MR) is 136 cm³/mol. The number of methoxy groups -OCH3 is 2. The molecule has 1 aromatic heterocycles. The number of anilines is 2. The van der Waals surface area contributed by atoms with Crippen molar-refractivity contribution in [1.82, 2.24) is 9.88 Å². The minimum Gasteiger partial charge on any atom is -0.497 e. The van der Waals surface area contributed by atoms with E-state index in [1.54, 1.807) is 24.6 Å². The molecule has 3 aromatic rings. The highest BCUT2D eigenvalue weighted by atomic mass is 32.2. The highest BCUT2D eigenvalue weighted by Crippen LogP contribution is 2.23. The number of aryl methyl sites for hydroxylation is 1. The molecule has 1 fully saturated rings. The number of hydrogen-bond acceptors (Lipinski definition) is 8. The fourth-order valence-electron chi connectivity index (χ4n) is 3.80. The van der Waals surface area contributed by atoms with Crippen LogP contribution in [-0.4, -0.2) is 64.6 Å². The van der Waals surface area contributed by atoms with Crippen LogP contribution < -0.4 is 19.1 Å². The van der Waals surface area contributed by atoms with Gasteiger partial charge in [0, 0.05) is 43.7 Å². The molecule has 1 amide bonds. The fourth-order valence-corrected chi connectivity index (χ4v) is 5.80. The van der Waals surface area contributed by atoms with Crippen LogP contribution in [-0.2, 0) is 21.2 Å². The van der Waals surface area contributed by atoms with Crippen LogP contribution in [0.1, 0.15) is 12.1 Å². The Labute approximate surface area is 209 Å². The van der Waals surface area contributed by atoms with Gasteiger partial charge in [-0.1, -0.05) is 0 Å². The smallest absolute Gasteiger partial charge is 0.263 e. The number of thiazole rings is 1. The van der Waals surface area contributed by atoms with Crippen molar-refractivity contribution in [3.8, 4) is 11.5 Å². The Balaban J connectivity index is 1.25. The van der Waals surface area contributed by atoms with Crippen molar-refractivity contribution in [2.75, 3.05) is 50.0 Å². The minimum absolute atomic E-state index is 0.0766. The van der Waals surface area contributed by atoms with Crippen LogP contribution in [0.5, 0.6) is 11.5 Å². The molecular weight excluding hydrogens is 488 g/mol. The molecule has 9 nitrogen and oxygen atoms in total. The van der Waals surface area contributed by atoms with Gasteiger partial charge < -0.3 is 19.3 Å². The lowest BCUT2D eigenvalue weighted by Gasteiger charge is -2.36. The number of hydrogen-bond donors (Lipinski definition) is 1. The van der Waals surface area contributed by atoms with E-state index in [2.05, 4.69) is 14.6 Å². The van der Waals surface area contributed by atoms with Crippen molar-refractivity contribution in [1.29, 1.82) is 0 Å². The summed E-state index contributed by atoms with van der Waals surface area (Å²) in [4.78, 5) is 21.3. The third-order valence-corrected chi connectivity index (χ3v) is 8.10. The highest BCUT2D eigenvalue weighted by molar-refractivity contribution is 7.93. The standard InChI is InChI=1S/C24H28N4O5S2/c1-32-20-6-4-19(5-7-20)27-13-15-28(16-14-27)23(29)12-3-18-17-34-24(25-18)26-35(30,31)22-10-8-21(33-2)9-11-22/h4-11,17H,3,12-16H2,1-2H3,(H,25,26). The van der Waals surface area contributed by atoms with Crippen LogP contribution >= 0.6 is 11.3 Å². The first-order valence-electron chi connectivity index (χ1n) is 11.2. The molecule has 0 atom stereocenters. The molecule has 4 rings (SSSR count). The summed E-state index contributed by atoms with van der Waals surface area (Å²) >= 11 is 1.20. The molecule has 0 unspecified atom stereocenters. The number of carbonyl (C=O) groups is 1. The van der Waals surface area contributed by atoms with Crippen LogP contribution in [0.15, 0.2) is 58.8 Å². The fraction of sp³-hybridized carbons (Fsp3) is 0.333. The maximum absolute atomic E-state index is 12.7. The van der Waals surface area contributed by atoms with Crippen LogP contribution in [0.3, 0.4) is 0 Å². The number of ether oxygens (including phenoxy) is 2. The molecule has 35 heavy (non-hydrogen) atoms. The molecular formula is C24H28N4O5S2. The van der Waals surface area contributed by atoms with Crippen molar-refractivity contribution < 1.29 is 22.7 Å². The summed E-state index contributed by atoms with van der Waals surface area (Å²) in [5, 5.41) is 2.05. The Morgan fingerprint density at radius 3 is 2.17 bits per heavy atom. The van der Waals surface area contributed by atoms with Gasteiger partial charge in [-0.05, 0) is 55.0 Å². The van der Waals surface area contributed by atoms with Crippen molar-refractivity contribution in [2.45, 2.75) is 17.7 Å². The lowest BCUT2D eigenvalue weighted by molar-refractivity contribution is -0.131. The Morgan fingerprint density at radius 2 is 1.57 bits per heavy atom. The quantitative estimate of drug-likeness (QED) is 0.466. The zero-order valence-corrected chi connectivity index (χ0v) is 21.3. The Morgan fingerprint density at radius 1 is 0.971 bits per heavy atom. The Kier molecular flexibility index (Phi) is 7.76. The molecule has 2 aromatic carbocycles. The van der Waals surface area contributed by atoms with Gasteiger partial charge in [0.1, 0.15) is 11.5 Å². The SMILES string of the molecule is COc1ccc(N2CCN(C(=O)CCc3csc(NS(=O)(=O)c4ccc(OC)cc4)n3)CC2)cc1. The lowest BCUT2D eigenvalue weighted by Crippen LogP contribution is -2.48. The monoisotopic (exact) mass is 516 g/mol. The van der Waals surface area contributed by atoms with E-state index in [0.29, 0.717) is 37.4 Å². The average molecular weight is 517 g/mol. The second kappa shape index (κ2) is 11.0. The van der Waals surface area contributed by atoms with E-state index in [1.807, 2.05) is 29.2 Å². The van der Waals surface area contributed by atoms with Crippen molar-refractivity contribution in [3.05, 3.63) is 59.6 Å². The predicted octanol–water partition coefficient (Wildman–Crippen LogP) is 3.24. The number of piperazine rings is 1. The highest BCUT2D eigenvalue weighted by Gasteiger charge is 2.22. The molecule has 0 aliphatic carbocycles. The topological polar surface area (TPSA) is 101 Å². The van der Waals surface area contributed by atoms with E-state index in [0.717, 1.165) is 24.5 Å². The summed E-state index contributed by atoms with van der Waals surface area (Å²) in [7, 11) is -0.584. The van der Waals surface area contributed by atoms with E-state index < -0.39 is 10.0 Å². The zero-order valence-electron chi connectivity index (χ0n) is 19.6. The molecule has 0 bridgehead atoms. The van der Waals surface area contributed by atoms with Gasteiger partial charge >= 0.3 is 0 Å². The molecule has 1 N–H and O–H groups in total. The van der Waals surface area contributed by atoms with Crippen LogP contribution in [0.2, 0.25) is 0 Å². The first-order chi connectivity index (χ1) is 16.9. The molecule has 0 spiro atoms. The Bertz CT molecular complexity index is 1240. The number of nitrogens with zero attached hydrogens (tertiary/aromatic N) is 3. The van der Waals surface area contributed by atoms with E-state index >= 15 is 0 Å². The van der Waals surface area contributed by atoms with Gasteiger partial charge in [-0.3, -0.25) is 9.52 Å². The Hall–Kier alpha value is -3.31. The van der Waals surface area contributed by atoms with Gasteiger partial charge in [-0.25, -0.2) is 13.4 Å². The van der Waals surface area contributed by atoms with E-state index in [-0.39, 0.29) is 15.9 Å². The van der Waals surface area contributed by atoms with Crippen molar-refractivity contribution >= 4 is 38.1 Å². The molecule has 2 heterocycles. The normalized spacial score (nSPS) is 14.0. The molecule has 1 aliphatic heterocycles. The number of nitrogens with one attached hydrogen (secondary N) is 1. The van der Waals surface area contributed by atoms with Crippen LogP contribution in [0.25, 0.3) is 0 Å².